The third-order valence-electron chi connectivity index (χ3n) is 3.78. The van der Waals surface area contributed by atoms with Gasteiger partial charge in [-0.3, -0.25) is 0 Å². The van der Waals surface area contributed by atoms with E-state index in [-0.39, 0.29) is 5.82 Å². The maximum atomic E-state index is 12.9. The van der Waals surface area contributed by atoms with Gasteiger partial charge in [-0.25, -0.2) is 4.39 Å². The van der Waals surface area contributed by atoms with Gasteiger partial charge in [0.15, 0.2) is 0 Å². The first-order valence-corrected chi connectivity index (χ1v) is 6.61. The number of benzene rings is 1. The second-order valence-corrected chi connectivity index (χ2v) is 4.95. The van der Waals surface area contributed by atoms with Crippen LogP contribution in [-0.2, 0) is 0 Å². The van der Waals surface area contributed by atoms with Crippen molar-refractivity contribution >= 4 is 5.69 Å². The summed E-state index contributed by atoms with van der Waals surface area (Å²) in [6.45, 7) is 3.94. The van der Waals surface area contributed by atoms with Gasteiger partial charge in [0.05, 0.1) is 0 Å². The van der Waals surface area contributed by atoms with Gasteiger partial charge in [-0.2, -0.15) is 0 Å². The van der Waals surface area contributed by atoms with Crippen molar-refractivity contribution in [3.05, 3.63) is 30.1 Å². The molecule has 0 spiro atoms. The van der Waals surface area contributed by atoms with Crippen LogP contribution in [0.2, 0.25) is 0 Å². The molecule has 2 rings (SSSR count). The quantitative estimate of drug-likeness (QED) is 0.884. The van der Waals surface area contributed by atoms with Gasteiger partial charge in [-0.15, -0.1) is 0 Å². The second kappa shape index (κ2) is 6.16. The van der Waals surface area contributed by atoms with Crippen LogP contribution in [0.5, 0.6) is 0 Å². The summed E-state index contributed by atoms with van der Waals surface area (Å²) in [5.41, 5.74) is 6.66. The lowest BCUT2D eigenvalue weighted by Gasteiger charge is -2.37. The van der Waals surface area contributed by atoms with E-state index >= 15 is 0 Å². The molecule has 1 aliphatic rings. The Kier molecular flexibility index (Phi) is 4.55. The molecule has 4 heteroatoms. The van der Waals surface area contributed by atoms with Crippen molar-refractivity contribution in [3.63, 3.8) is 0 Å². The van der Waals surface area contributed by atoms with Crippen LogP contribution in [0, 0.1) is 5.82 Å². The molecule has 0 radical (unpaired) electrons. The molecule has 1 saturated heterocycles. The Bertz CT molecular complexity index is 358. The summed E-state index contributed by atoms with van der Waals surface area (Å²) in [6, 6.07) is 7.29. The molecule has 1 aromatic carbocycles. The fourth-order valence-electron chi connectivity index (χ4n) is 2.60. The van der Waals surface area contributed by atoms with Crippen molar-refractivity contribution in [2.24, 2.45) is 5.73 Å². The van der Waals surface area contributed by atoms with Crippen LogP contribution >= 0.6 is 0 Å². The summed E-state index contributed by atoms with van der Waals surface area (Å²) >= 11 is 0. The molecule has 18 heavy (non-hydrogen) atoms. The zero-order valence-corrected chi connectivity index (χ0v) is 11.0. The molecular weight excluding hydrogens is 229 g/mol. The van der Waals surface area contributed by atoms with Crippen LogP contribution in [0.3, 0.4) is 0 Å². The predicted molar refractivity (Wildman–Crippen MR) is 73.3 cm³/mol. The second-order valence-electron chi connectivity index (χ2n) is 4.95. The van der Waals surface area contributed by atoms with Crippen molar-refractivity contribution in [2.45, 2.75) is 18.9 Å². The highest BCUT2D eigenvalue weighted by atomic mass is 19.1. The molecule has 0 amide bonds. The van der Waals surface area contributed by atoms with Crippen molar-refractivity contribution in [1.82, 2.24) is 4.90 Å². The zero-order chi connectivity index (χ0) is 13.0. The fraction of sp³-hybridized carbons (Fsp3) is 0.571. The minimum atomic E-state index is -0.176. The molecule has 0 atom stereocenters. The molecule has 1 aliphatic heterocycles. The SMILES string of the molecule is CN(c1ccc(F)cc1)C1CCN(CCN)CC1. The molecule has 2 N–H and O–H groups in total. The van der Waals surface area contributed by atoms with E-state index in [0.29, 0.717) is 6.04 Å². The van der Waals surface area contributed by atoms with Gasteiger partial charge in [0.2, 0.25) is 0 Å². The lowest BCUT2D eigenvalue weighted by molar-refractivity contribution is 0.216. The molecule has 1 fully saturated rings. The Balaban J connectivity index is 1.91. The minimum Gasteiger partial charge on any atom is -0.372 e. The summed E-state index contributed by atoms with van der Waals surface area (Å²) in [5.74, 6) is -0.176. The molecule has 0 unspecified atom stereocenters. The molecule has 1 heterocycles. The molecule has 0 bridgehead atoms. The molecule has 0 aliphatic carbocycles. The molecule has 0 saturated carbocycles. The summed E-state index contributed by atoms with van der Waals surface area (Å²) in [6.07, 6.45) is 2.29. The van der Waals surface area contributed by atoms with Crippen LogP contribution in [0.25, 0.3) is 0 Å². The Morgan fingerprint density at radius 1 is 1.28 bits per heavy atom. The average Bonchev–Trinajstić information content (AvgIpc) is 2.40. The lowest BCUT2D eigenvalue weighted by Crippen LogP contribution is -2.44. The minimum absolute atomic E-state index is 0.176. The molecule has 100 valence electrons. The van der Waals surface area contributed by atoms with E-state index in [2.05, 4.69) is 16.8 Å². The smallest absolute Gasteiger partial charge is 0.123 e. The fourth-order valence-corrected chi connectivity index (χ4v) is 2.60. The van der Waals surface area contributed by atoms with E-state index < -0.39 is 0 Å². The number of rotatable bonds is 4. The maximum absolute atomic E-state index is 12.9. The van der Waals surface area contributed by atoms with Gasteiger partial charge in [0, 0.05) is 45.0 Å². The van der Waals surface area contributed by atoms with E-state index in [0.717, 1.165) is 44.7 Å². The number of nitrogens with zero attached hydrogens (tertiary/aromatic N) is 2. The zero-order valence-electron chi connectivity index (χ0n) is 11.0. The Hall–Kier alpha value is -1.13. The average molecular weight is 251 g/mol. The number of nitrogens with two attached hydrogens (primary N) is 1. The number of piperidine rings is 1. The Morgan fingerprint density at radius 3 is 2.44 bits per heavy atom. The van der Waals surface area contributed by atoms with Gasteiger partial charge in [0.25, 0.3) is 0 Å². The van der Waals surface area contributed by atoms with Gasteiger partial charge in [0.1, 0.15) is 5.82 Å². The van der Waals surface area contributed by atoms with Crippen molar-refractivity contribution in [1.29, 1.82) is 0 Å². The van der Waals surface area contributed by atoms with Crippen molar-refractivity contribution in [3.8, 4) is 0 Å². The van der Waals surface area contributed by atoms with Crippen LogP contribution < -0.4 is 10.6 Å². The third kappa shape index (κ3) is 3.21. The number of likely N-dealkylation sites (tertiary alicyclic amines) is 1. The number of hydrogen-bond acceptors (Lipinski definition) is 3. The number of hydrogen-bond donors (Lipinski definition) is 1. The summed E-state index contributed by atoms with van der Waals surface area (Å²) in [4.78, 5) is 4.67. The van der Waals surface area contributed by atoms with E-state index in [4.69, 9.17) is 5.73 Å². The van der Waals surface area contributed by atoms with E-state index in [1.165, 1.54) is 12.1 Å². The van der Waals surface area contributed by atoms with Gasteiger partial charge >= 0.3 is 0 Å². The van der Waals surface area contributed by atoms with Crippen LogP contribution in [0.15, 0.2) is 24.3 Å². The van der Waals surface area contributed by atoms with Crippen LogP contribution in [0.4, 0.5) is 10.1 Å². The molecule has 3 nitrogen and oxygen atoms in total. The Morgan fingerprint density at radius 2 is 1.89 bits per heavy atom. The third-order valence-corrected chi connectivity index (χ3v) is 3.78. The molecule has 1 aromatic rings. The highest BCUT2D eigenvalue weighted by molar-refractivity contribution is 5.46. The summed E-state index contributed by atoms with van der Waals surface area (Å²) < 4.78 is 12.9. The lowest BCUT2D eigenvalue weighted by atomic mass is 10.0. The van der Waals surface area contributed by atoms with E-state index in [1.54, 1.807) is 0 Å². The first kappa shape index (κ1) is 13.3. The van der Waals surface area contributed by atoms with Crippen LogP contribution in [0.1, 0.15) is 12.8 Å². The highest BCUT2D eigenvalue weighted by Gasteiger charge is 2.22. The largest absolute Gasteiger partial charge is 0.372 e. The predicted octanol–water partition coefficient (Wildman–Crippen LogP) is 1.69. The number of halogens is 1. The first-order valence-electron chi connectivity index (χ1n) is 6.61. The normalized spacial score (nSPS) is 17.9. The monoisotopic (exact) mass is 251 g/mol. The summed E-state index contributed by atoms with van der Waals surface area (Å²) in [7, 11) is 2.09. The van der Waals surface area contributed by atoms with Crippen LogP contribution in [-0.4, -0.2) is 44.2 Å². The summed E-state index contributed by atoms with van der Waals surface area (Å²) in [5, 5.41) is 0. The molecule has 0 aromatic heterocycles. The molecular formula is C14H22FN3. The maximum Gasteiger partial charge on any atom is 0.123 e. The van der Waals surface area contributed by atoms with Gasteiger partial charge in [-0.05, 0) is 37.1 Å². The first-order chi connectivity index (χ1) is 8.70. The van der Waals surface area contributed by atoms with E-state index in [9.17, 15) is 4.39 Å². The topological polar surface area (TPSA) is 32.5 Å². The van der Waals surface area contributed by atoms with Crippen molar-refractivity contribution < 1.29 is 4.39 Å². The highest BCUT2D eigenvalue weighted by Crippen LogP contribution is 2.22. The standard InChI is InChI=1S/C14H22FN3/c1-17(13-4-2-12(15)3-5-13)14-6-9-18(10-7-14)11-8-16/h2-5,14H,6-11,16H2,1H3. The number of anilines is 1. The van der Waals surface area contributed by atoms with Gasteiger partial charge < -0.3 is 15.5 Å². The van der Waals surface area contributed by atoms with Crippen molar-refractivity contribution in [2.75, 3.05) is 38.1 Å². The van der Waals surface area contributed by atoms with Gasteiger partial charge in [-0.1, -0.05) is 0 Å². The Labute approximate surface area is 108 Å². The van der Waals surface area contributed by atoms with E-state index in [1.807, 2.05) is 12.1 Å².